The monoisotopic (exact) mass is 367 g/mol. The lowest BCUT2D eigenvalue weighted by Crippen LogP contribution is -2.22. The molecule has 3 aromatic rings. The Morgan fingerprint density at radius 2 is 1.88 bits per heavy atom. The van der Waals surface area contributed by atoms with Gasteiger partial charge in [-0.25, -0.2) is 4.98 Å². The summed E-state index contributed by atoms with van der Waals surface area (Å²) >= 11 is 1.50. The number of aromatic nitrogens is 2. The molecular weight excluding hydrogens is 346 g/mol. The summed E-state index contributed by atoms with van der Waals surface area (Å²) in [4.78, 5) is 21.3. The van der Waals surface area contributed by atoms with E-state index in [1.165, 1.54) is 23.1 Å². The molecule has 1 amide bonds. The van der Waals surface area contributed by atoms with E-state index in [-0.39, 0.29) is 11.3 Å². The molecule has 0 aliphatic carbocycles. The van der Waals surface area contributed by atoms with E-state index in [1.807, 2.05) is 12.1 Å². The van der Waals surface area contributed by atoms with Crippen LogP contribution in [0.5, 0.6) is 11.6 Å². The molecule has 0 saturated carbocycles. The fraction of sp³-hybridized carbons (Fsp3) is 0.250. The molecule has 134 valence electrons. The number of ether oxygens (including phenoxy) is 1. The summed E-state index contributed by atoms with van der Waals surface area (Å²) in [7, 11) is 0. The predicted octanol–water partition coefficient (Wildman–Crippen LogP) is 4.56. The van der Waals surface area contributed by atoms with E-state index >= 15 is 0 Å². The first-order chi connectivity index (χ1) is 12.4. The van der Waals surface area contributed by atoms with Crippen LogP contribution < -0.4 is 10.1 Å². The number of nitrogens with one attached hydrogen (secondary N) is 1. The van der Waals surface area contributed by atoms with Gasteiger partial charge in [-0.15, -0.1) is 11.3 Å². The molecule has 0 saturated heterocycles. The normalized spacial score (nSPS) is 11.2. The first-order valence-corrected chi connectivity index (χ1v) is 9.20. The van der Waals surface area contributed by atoms with Crippen LogP contribution >= 0.6 is 11.3 Å². The van der Waals surface area contributed by atoms with E-state index in [4.69, 9.17) is 4.74 Å². The highest BCUT2D eigenvalue weighted by molar-refractivity contribution is 7.09. The quantitative estimate of drug-likeness (QED) is 0.718. The molecule has 1 N–H and O–H groups in total. The molecule has 2 heterocycles. The highest BCUT2D eigenvalue weighted by atomic mass is 32.1. The molecule has 6 heteroatoms. The van der Waals surface area contributed by atoms with Crippen molar-refractivity contribution in [2.24, 2.45) is 0 Å². The van der Waals surface area contributed by atoms with Crippen LogP contribution in [0.3, 0.4) is 0 Å². The number of carbonyl (C=O) groups excluding carboxylic acids is 1. The van der Waals surface area contributed by atoms with Gasteiger partial charge < -0.3 is 10.1 Å². The standard InChI is InChI=1S/C20H21N3O2S/c1-20(2,3)15-5-7-16(8-6-15)25-18-9-4-14(10-22-18)19(24)23-12-17-11-21-13-26-17/h4-11,13H,12H2,1-3H3,(H,23,24). The molecule has 0 fully saturated rings. The van der Waals surface area contributed by atoms with Crippen molar-refractivity contribution < 1.29 is 9.53 Å². The van der Waals surface area contributed by atoms with Crippen LogP contribution in [0.4, 0.5) is 0 Å². The van der Waals surface area contributed by atoms with E-state index in [0.717, 1.165) is 4.88 Å². The molecule has 3 rings (SSSR count). The Morgan fingerprint density at radius 3 is 2.46 bits per heavy atom. The Balaban J connectivity index is 1.59. The van der Waals surface area contributed by atoms with Crippen molar-refractivity contribution in [2.75, 3.05) is 0 Å². The maximum Gasteiger partial charge on any atom is 0.253 e. The van der Waals surface area contributed by atoms with Gasteiger partial charge in [0.2, 0.25) is 5.88 Å². The van der Waals surface area contributed by atoms with E-state index in [9.17, 15) is 4.79 Å². The van der Waals surface area contributed by atoms with Gasteiger partial charge in [0.25, 0.3) is 5.91 Å². The fourth-order valence-corrected chi connectivity index (χ4v) is 2.85. The second-order valence-electron chi connectivity index (χ2n) is 6.91. The van der Waals surface area contributed by atoms with Crippen LogP contribution in [-0.2, 0) is 12.0 Å². The van der Waals surface area contributed by atoms with E-state index in [1.54, 1.807) is 23.8 Å². The van der Waals surface area contributed by atoms with Crippen molar-refractivity contribution in [1.29, 1.82) is 0 Å². The smallest absolute Gasteiger partial charge is 0.253 e. The lowest BCUT2D eigenvalue weighted by atomic mass is 9.87. The predicted molar refractivity (Wildman–Crippen MR) is 103 cm³/mol. The van der Waals surface area contributed by atoms with Crippen molar-refractivity contribution in [3.05, 3.63) is 70.3 Å². The highest BCUT2D eigenvalue weighted by Gasteiger charge is 2.13. The van der Waals surface area contributed by atoms with Gasteiger partial charge in [-0.05, 0) is 29.2 Å². The zero-order valence-corrected chi connectivity index (χ0v) is 15.8. The topological polar surface area (TPSA) is 64.1 Å². The van der Waals surface area contributed by atoms with Crippen molar-refractivity contribution in [3.63, 3.8) is 0 Å². The molecular formula is C20H21N3O2S. The van der Waals surface area contributed by atoms with Gasteiger partial charge in [0.05, 0.1) is 17.6 Å². The van der Waals surface area contributed by atoms with Gasteiger partial charge in [0.15, 0.2) is 0 Å². The summed E-state index contributed by atoms with van der Waals surface area (Å²) in [6.45, 7) is 6.97. The Kier molecular flexibility index (Phi) is 5.32. The third-order valence-corrected chi connectivity index (χ3v) is 4.63. The van der Waals surface area contributed by atoms with Gasteiger partial charge in [-0.3, -0.25) is 9.78 Å². The van der Waals surface area contributed by atoms with Crippen molar-refractivity contribution in [3.8, 4) is 11.6 Å². The van der Waals surface area contributed by atoms with Crippen LogP contribution in [0.15, 0.2) is 54.3 Å². The summed E-state index contributed by atoms with van der Waals surface area (Å²) in [6.07, 6.45) is 3.26. The van der Waals surface area contributed by atoms with Crippen LogP contribution in [-0.4, -0.2) is 15.9 Å². The molecule has 0 spiro atoms. The second kappa shape index (κ2) is 7.66. The number of rotatable bonds is 5. The molecule has 0 radical (unpaired) electrons. The molecule has 1 aromatic carbocycles. The molecule has 0 aliphatic rings. The highest BCUT2D eigenvalue weighted by Crippen LogP contribution is 2.26. The number of hydrogen-bond donors (Lipinski definition) is 1. The number of pyridine rings is 1. The largest absolute Gasteiger partial charge is 0.439 e. The SMILES string of the molecule is CC(C)(C)c1ccc(Oc2ccc(C(=O)NCc3cncs3)cn2)cc1. The van der Waals surface area contributed by atoms with Gasteiger partial charge >= 0.3 is 0 Å². The van der Waals surface area contributed by atoms with Gasteiger partial charge in [0, 0.05) is 23.3 Å². The fourth-order valence-electron chi connectivity index (χ4n) is 2.32. The lowest BCUT2D eigenvalue weighted by molar-refractivity contribution is 0.0951. The van der Waals surface area contributed by atoms with Crippen LogP contribution in [0.25, 0.3) is 0 Å². The van der Waals surface area contributed by atoms with E-state index in [0.29, 0.717) is 23.7 Å². The molecule has 26 heavy (non-hydrogen) atoms. The maximum atomic E-state index is 12.1. The molecule has 0 bridgehead atoms. The summed E-state index contributed by atoms with van der Waals surface area (Å²) in [5, 5.41) is 2.84. The average Bonchev–Trinajstić information content (AvgIpc) is 3.13. The molecule has 0 aliphatic heterocycles. The third kappa shape index (κ3) is 4.67. The summed E-state index contributed by atoms with van der Waals surface area (Å²) in [5.41, 5.74) is 3.57. The van der Waals surface area contributed by atoms with Crippen LogP contribution in [0.2, 0.25) is 0 Å². The van der Waals surface area contributed by atoms with Crippen molar-refractivity contribution in [2.45, 2.75) is 32.7 Å². The number of thiazole rings is 1. The van der Waals surface area contributed by atoms with Gasteiger partial charge in [0.1, 0.15) is 5.75 Å². The average molecular weight is 367 g/mol. The Morgan fingerprint density at radius 1 is 1.12 bits per heavy atom. The van der Waals surface area contributed by atoms with Crippen molar-refractivity contribution in [1.82, 2.24) is 15.3 Å². The number of benzene rings is 1. The first-order valence-electron chi connectivity index (χ1n) is 8.32. The minimum atomic E-state index is -0.174. The maximum absolute atomic E-state index is 12.1. The zero-order valence-electron chi connectivity index (χ0n) is 15.0. The van der Waals surface area contributed by atoms with E-state index in [2.05, 4.69) is 48.2 Å². The minimum absolute atomic E-state index is 0.102. The third-order valence-electron chi connectivity index (χ3n) is 3.85. The zero-order chi connectivity index (χ0) is 18.6. The lowest BCUT2D eigenvalue weighted by Gasteiger charge is -2.19. The molecule has 5 nitrogen and oxygen atoms in total. The number of hydrogen-bond acceptors (Lipinski definition) is 5. The van der Waals surface area contributed by atoms with Crippen LogP contribution in [0, 0.1) is 0 Å². The first kappa shape index (κ1) is 18.1. The number of carbonyl (C=O) groups is 1. The van der Waals surface area contributed by atoms with Crippen LogP contribution in [0.1, 0.15) is 41.6 Å². The Hall–Kier alpha value is -2.73. The summed E-state index contributed by atoms with van der Waals surface area (Å²) in [6, 6.07) is 11.4. The number of amides is 1. The number of nitrogens with zero attached hydrogens (tertiary/aromatic N) is 2. The Bertz CT molecular complexity index is 852. The summed E-state index contributed by atoms with van der Waals surface area (Å²) in [5.74, 6) is 0.993. The van der Waals surface area contributed by atoms with Gasteiger partial charge in [-0.2, -0.15) is 0 Å². The van der Waals surface area contributed by atoms with Gasteiger partial charge in [-0.1, -0.05) is 32.9 Å². The van der Waals surface area contributed by atoms with E-state index < -0.39 is 0 Å². The minimum Gasteiger partial charge on any atom is -0.439 e. The Labute approximate surface area is 157 Å². The second-order valence-corrected chi connectivity index (χ2v) is 7.88. The molecule has 2 aromatic heterocycles. The molecule has 0 unspecified atom stereocenters. The molecule has 0 atom stereocenters. The summed E-state index contributed by atoms with van der Waals surface area (Å²) < 4.78 is 5.75. The van der Waals surface area contributed by atoms with Crippen molar-refractivity contribution >= 4 is 17.2 Å².